The van der Waals surface area contributed by atoms with Gasteiger partial charge in [-0.25, -0.2) is 27.2 Å². The maximum absolute atomic E-state index is 17.6. The molecule has 0 aliphatic heterocycles. The molecular weight excluding hydrogens is 612 g/mol. The number of fused-ring (bicyclic) bond motifs is 5. The number of allylic oxidation sites excluding steroid dienone is 4. The van der Waals surface area contributed by atoms with Crippen molar-refractivity contribution in [2.45, 2.75) is 63.6 Å². The van der Waals surface area contributed by atoms with Crippen LogP contribution in [0.2, 0.25) is 0 Å². The van der Waals surface area contributed by atoms with Crippen molar-refractivity contribution in [1.82, 2.24) is 0 Å². The fourth-order valence-corrected chi connectivity index (χ4v) is 8.84. The second-order valence-electron chi connectivity index (χ2n) is 13.2. The number of ether oxygens (including phenoxy) is 2. The van der Waals surface area contributed by atoms with E-state index in [1.165, 1.54) is 38.3 Å². The quantitative estimate of drug-likeness (QED) is 0.251. The summed E-state index contributed by atoms with van der Waals surface area (Å²) < 4.78 is 77.8. The molecule has 12 heteroatoms. The number of benzene rings is 1. The lowest BCUT2D eigenvalue weighted by Gasteiger charge is -2.63. The van der Waals surface area contributed by atoms with Gasteiger partial charge in [-0.15, -0.1) is 0 Å². The number of hydrogen-bond donors (Lipinski definition) is 1. The Kier molecular flexibility index (Phi) is 7.46. The molecule has 6 rings (SSSR count). The summed E-state index contributed by atoms with van der Waals surface area (Å²) in [5, 5.41) is 11.7. The van der Waals surface area contributed by atoms with E-state index < -0.39 is 112 Å². The van der Waals surface area contributed by atoms with E-state index in [0.29, 0.717) is 6.07 Å². The SMILES string of the molecule is C[C@@H]1C[C@H]2[C@@H]3C[C@H](F)C4=CC(=O)C=C[C@]4(C)[C@@]3(F)[C@@H](O)C[C@]2(C)[C@@]1(OC(=O)c1ccco1)C(=O)OCC(=O)c1ccc(F)cc1F. The molecule has 2 aromatic rings. The van der Waals surface area contributed by atoms with Crippen LogP contribution < -0.4 is 0 Å². The highest BCUT2D eigenvalue weighted by Crippen LogP contribution is 2.71. The number of aliphatic hydroxyl groups is 1. The van der Waals surface area contributed by atoms with Gasteiger partial charge in [0.15, 0.2) is 18.1 Å². The summed E-state index contributed by atoms with van der Waals surface area (Å²) >= 11 is 0. The van der Waals surface area contributed by atoms with Crippen molar-refractivity contribution in [3.8, 4) is 0 Å². The third-order valence-corrected chi connectivity index (χ3v) is 11.0. The second-order valence-corrected chi connectivity index (χ2v) is 13.2. The molecule has 46 heavy (non-hydrogen) atoms. The van der Waals surface area contributed by atoms with Gasteiger partial charge in [0, 0.05) is 28.7 Å². The van der Waals surface area contributed by atoms with Crippen LogP contribution in [0.25, 0.3) is 0 Å². The van der Waals surface area contributed by atoms with Crippen molar-refractivity contribution in [3.05, 3.63) is 83.4 Å². The van der Waals surface area contributed by atoms with Gasteiger partial charge in [-0.3, -0.25) is 9.59 Å². The summed E-state index contributed by atoms with van der Waals surface area (Å²) in [7, 11) is 0. The molecule has 244 valence electrons. The van der Waals surface area contributed by atoms with Crippen molar-refractivity contribution >= 4 is 23.5 Å². The van der Waals surface area contributed by atoms with Gasteiger partial charge in [-0.2, -0.15) is 0 Å². The number of furan rings is 1. The first kappa shape index (κ1) is 31.9. The first-order valence-electron chi connectivity index (χ1n) is 15.0. The highest BCUT2D eigenvalue weighted by molar-refractivity contribution is 6.01. The molecule has 1 aromatic heterocycles. The number of carbonyl (C=O) groups excluding carboxylic acids is 4. The van der Waals surface area contributed by atoms with Crippen molar-refractivity contribution in [3.63, 3.8) is 0 Å². The van der Waals surface area contributed by atoms with E-state index in [-0.39, 0.29) is 17.8 Å². The van der Waals surface area contributed by atoms with E-state index in [2.05, 4.69) is 0 Å². The van der Waals surface area contributed by atoms with E-state index in [4.69, 9.17) is 13.9 Å². The lowest BCUT2D eigenvalue weighted by molar-refractivity contribution is -0.231. The van der Waals surface area contributed by atoms with Crippen molar-refractivity contribution in [2.24, 2.45) is 28.6 Å². The van der Waals surface area contributed by atoms with Crippen LogP contribution in [0, 0.1) is 40.2 Å². The lowest BCUT2D eigenvalue weighted by Crippen LogP contribution is -2.71. The van der Waals surface area contributed by atoms with E-state index in [0.717, 1.165) is 24.3 Å². The number of esters is 2. The van der Waals surface area contributed by atoms with Gasteiger partial charge in [0.2, 0.25) is 17.1 Å². The highest BCUT2D eigenvalue weighted by Gasteiger charge is 2.79. The molecule has 4 aliphatic carbocycles. The zero-order valence-corrected chi connectivity index (χ0v) is 25.2. The number of ketones is 2. The molecule has 1 aromatic carbocycles. The number of rotatable bonds is 6. The summed E-state index contributed by atoms with van der Waals surface area (Å²) in [4.78, 5) is 52.6. The van der Waals surface area contributed by atoms with Gasteiger partial charge in [0.05, 0.1) is 17.9 Å². The Morgan fingerprint density at radius 3 is 2.52 bits per heavy atom. The monoisotopic (exact) mass is 644 g/mol. The second kappa shape index (κ2) is 10.8. The minimum absolute atomic E-state index is 0.0329. The van der Waals surface area contributed by atoms with E-state index in [9.17, 15) is 33.1 Å². The predicted octanol–water partition coefficient (Wildman–Crippen LogP) is 5.44. The maximum Gasteiger partial charge on any atom is 0.375 e. The molecule has 1 N–H and O–H groups in total. The Hall–Kier alpha value is -4.06. The predicted molar refractivity (Wildman–Crippen MR) is 152 cm³/mol. The van der Waals surface area contributed by atoms with Crippen molar-refractivity contribution in [1.29, 1.82) is 0 Å². The Labute approximate surface area is 261 Å². The molecule has 3 fully saturated rings. The van der Waals surface area contributed by atoms with Gasteiger partial charge < -0.3 is 19.0 Å². The molecule has 4 aliphatic rings. The minimum Gasteiger partial charge on any atom is -0.457 e. The third-order valence-electron chi connectivity index (χ3n) is 11.0. The van der Waals surface area contributed by atoms with Crippen LogP contribution in [0.3, 0.4) is 0 Å². The standard InChI is InChI=1S/C34H32F4O8/c1-17-11-21-22-14-25(37)23-13-19(39)8-9-31(23,2)33(22,38)28(41)15-32(21,3)34(17,46-29(42)27-5-4-10-44-27)30(43)45-16-26(40)20-7-6-18(35)12-24(20)36/h4-10,12-13,17,21-22,25,28,41H,11,14-16H2,1-3H3/t17-,21+,22+,25+,28+,31+,32+,33+,34+/m1/s1. The molecule has 0 spiro atoms. The van der Waals surface area contributed by atoms with Gasteiger partial charge in [-0.1, -0.05) is 19.9 Å². The summed E-state index contributed by atoms with van der Waals surface area (Å²) in [5.74, 6) is -9.11. The first-order valence-corrected chi connectivity index (χ1v) is 15.0. The van der Waals surface area contributed by atoms with Gasteiger partial charge >= 0.3 is 11.9 Å². The Morgan fingerprint density at radius 1 is 1.11 bits per heavy atom. The van der Waals surface area contributed by atoms with Crippen LogP contribution in [0.1, 0.15) is 60.9 Å². The zero-order valence-electron chi connectivity index (χ0n) is 25.2. The topological polar surface area (TPSA) is 120 Å². The highest BCUT2D eigenvalue weighted by atomic mass is 19.2. The molecule has 0 saturated heterocycles. The van der Waals surface area contributed by atoms with Gasteiger partial charge in [0.1, 0.15) is 17.8 Å². The number of aliphatic hydroxyl groups excluding tert-OH is 1. The summed E-state index contributed by atoms with van der Waals surface area (Å²) in [5.41, 5.74) is -8.58. The van der Waals surface area contributed by atoms with Crippen LogP contribution in [-0.4, -0.2) is 58.8 Å². The summed E-state index contributed by atoms with van der Waals surface area (Å²) in [6.45, 7) is 3.52. The summed E-state index contributed by atoms with van der Waals surface area (Å²) in [6, 6.07) is 4.97. The Balaban J connectivity index is 1.40. The lowest BCUT2D eigenvalue weighted by atomic mass is 9.44. The maximum atomic E-state index is 17.6. The van der Waals surface area contributed by atoms with Gasteiger partial charge in [0.25, 0.3) is 0 Å². The van der Waals surface area contributed by atoms with E-state index in [1.54, 1.807) is 6.92 Å². The van der Waals surface area contributed by atoms with Gasteiger partial charge in [-0.05, 0) is 74.1 Å². The Morgan fingerprint density at radius 2 is 1.85 bits per heavy atom. The minimum atomic E-state index is -2.47. The summed E-state index contributed by atoms with van der Waals surface area (Å²) in [6.07, 6.45) is 0.303. The fourth-order valence-electron chi connectivity index (χ4n) is 8.84. The number of Topliss-reactive ketones (excluding diaryl/α,β-unsaturated/α-hetero) is 1. The van der Waals surface area contributed by atoms with Crippen molar-refractivity contribution < 1.29 is 55.7 Å². The third kappa shape index (κ3) is 4.28. The number of alkyl halides is 2. The normalized spacial score (nSPS) is 37.9. The molecule has 1 heterocycles. The molecule has 0 radical (unpaired) electrons. The van der Waals surface area contributed by atoms with Crippen LogP contribution in [0.5, 0.6) is 0 Å². The molecule has 3 saturated carbocycles. The molecular formula is C34H32F4O8. The number of carbonyl (C=O) groups is 4. The van der Waals surface area contributed by atoms with Crippen LogP contribution >= 0.6 is 0 Å². The number of hydrogen-bond acceptors (Lipinski definition) is 8. The van der Waals surface area contributed by atoms with E-state index in [1.807, 2.05) is 0 Å². The van der Waals surface area contributed by atoms with Crippen LogP contribution in [0.4, 0.5) is 17.6 Å². The molecule has 8 nitrogen and oxygen atoms in total. The molecule has 0 amide bonds. The zero-order chi connectivity index (χ0) is 33.4. The van der Waals surface area contributed by atoms with Crippen LogP contribution in [0.15, 0.2) is 64.8 Å². The largest absolute Gasteiger partial charge is 0.457 e. The Bertz CT molecular complexity index is 1690. The molecule has 0 unspecified atom stereocenters. The smallest absolute Gasteiger partial charge is 0.375 e. The average Bonchev–Trinajstić information content (AvgIpc) is 3.61. The first-order chi connectivity index (χ1) is 21.6. The van der Waals surface area contributed by atoms with Crippen molar-refractivity contribution in [2.75, 3.05) is 6.61 Å². The average molecular weight is 645 g/mol. The molecule has 0 bridgehead atoms. The number of halogens is 4. The fraction of sp³-hybridized carbons (Fsp3) is 0.471. The molecule has 9 atom stereocenters. The van der Waals surface area contributed by atoms with Crippen LogP contribution in [-0.2, 0) is 19.1 Å². The van der Waals surface area contributed by atoms with E-state index >= 15 is 8.78 Å².